The van der Waals surface area contributed by atoms with Crippen LogP contribution in [0.15, 0.2) is 5.38 Å². The Morgan fingerprint density at radius 3 is 3.06 bits per heavy atom. The molecule has 1 unspecified atom stereocenters. The molecule has 18 heavy (non-hydrogen) atoms. The number of aromatic nitrogens is 1. The zero-order valence-electron chi connectivity index (χ0n) is 9.76. The molecule has 0 aliphatic carbocycles. The molecule has 1 atom stereocenters. The zero-order chi connectivity index (χ0) is 13.1. The molecule has 0 spiro atoms. The summed E-state index contributed by atoms with van der Waals surface area (Å²) in [6.45, 7) is 1.35. The fourth-order valence-electron chi connectivity index (χ4n) is 2.09. The first-order valence-electron chi connectivity index (χ1n) is 5.60. The number of nitrogens with two attached hydrogens (primary N) is 2. The van der Waals surface area contributed by atoms with E-state index < -0.39 is 5.91 Å². The highest BCUT2D eigenvalue weighted by atomic mass is 32.1. The summed E-state index contributed by atoms with van der Waals surface area (Å²) in [6.07, 6.45) is 1.74. The first-order chi connectivity index (χ1) is 8.61. The number of likely N-dealkylation sites (tertiary alicyclic amines) is 1. The van der Waals surface area contributed by atoms with E-state index in [1.165, 1.54) is 11.3 Å². The summed E-state index contributed by atoms with van der Waals surface area (Å²) in [5.41, 5.74) is 8.13. The van der Waals surface area contributed by atoms with Crippen LogP contribution in [0.5, 0.6) is 0 Å². The number of amides is 2. The average Bonchev–Trinajstić information content (AvgIpc) is 2.97. The van der Waals surface area contributed by atoms with Gasteiger partial charge >= 0.3 is 0 Å². The molecule has 2 heterocycles. The quantitative estimate of drug-likeness (QED) is 0.376. The highest BCUT2D eigenvalue weighted by molar-refractivity contribution is 7.11. The topological polar surface area (TPSA) is 114 Å². The smallest absolute Gasteiger partial charge is 0.294 e. The maximum atomic E-state index is 11.3. The van der Waals surface area contributed by atoms with Crippen LogP contribution in [0.25, 0.3) is 0 Å². The molecule has 1 saturated heterocycles. The second-order valence-corrected chi connectivity index (χ2v) is 5.01. The lowest BCUT2D eigenvalue weighted by molar-refractivity contribution is -0.122. The monoisotopic (exact) mass is 269 g/mol. The standard InChI is InChI=1S/C10H15N5O2S/c11-8(16)7-2-1-3-15(7)4-6-5-18-10(13-6)9(17)14-12/h5,7H,1-4,12H2,(H2,11,16)(H,14,17). The van der Waals surface area contributed by atoms with Gasteiger partial charge < -0.3 is 5.73 Å². The Bertz CT molecular complexity index is 461. The Labute approximate surface area is 108 Å². The van der Waals surface area contributed by atoms with E-state index in [0.717, 1.165) is 25.1 Å². The first kappa shape index (κ1) is 12.9. The van der Waals surface area contributed by atoms with Gasteiger partial charge in [-0.15, -0.1) is 11.3 Å². The maximum absolute atomic E-state index is 11.3. The van der Waals surface area contributed by atoms with Crippen LogP contribution < -0.4 is 17.0 Å². The van der Waals surface area contributed by atoms with E-state index in [1.807, 2.05) is 10.3 Å². The molecule has 5 N–H and O–H groups in total. The Hall–Kier alpha value is -1.51. The summed E-state index contributed by atoms with van der Waals surface area (Å²) in [5.74, 6) is 4.33. The Balaban J connectivity index is 2.03. The molecule has 2 rings (SSSR count). The second-order valence-electron chi connectivity index (χ2n) is 4.15. The number of thiazole rings is 1. The van der Waals surface area contributed by atoms with Crippen molar-refractivity contribution in [3.63, 3.8) is 0 Å². The minimum atomic E-state index is -0.404. The van der Waals surface area contributed by atoms with E-state index in [2.05, 4.69) is 4.98 Å². The first-order valence-corrected chi connectivity index (χ1v) is 6.48. The van der Waals surface area contributed by atoms with E-state index in [0.29, 0.717) is 11.6 Å². The summed E-state index contributed by atoms with van der Waals surface area (Å²) >= 11 is 1.23. The van der Waals surface area contributed by atoms with E-state index in [4.69, 9.17) is 11.6 Å². The van der Waals surface area contributed by atoms with Gasteiger partial charge in [-0.1, -0.05) is 0 Å². The van der Waals surface area contributed by atoms with Crippen molar-refractivity contribution in [1.29, 1.82) is 0 Å². The number of rotatable bonds is 4. The van der Waals surface area contributed by atoms with Crippen molar-refractivity contribution in [3.8, 4) is 0 Å². The highest BCUT2D eigenvalue weighted by Crippen LogP contribution is 2.20. The molecule has 0 radical (unpaired) electrons. The number of carbonyl (C=O) groups excluding carboxylic acids is 2. The van der Waals surface area contributed by atoms with Gasteiger partial charge in [-0.05, 0) is 19.4 Å². The normalized spacial score (nSPS) is 19.9. The fraction of sp³-hybridized carbons (Fsp3) is 0.500. The largest absolute Gasteiger partial charge is 0.368 e. The van der Waals surface area contributed by atoms with Gasteiger partial charge in [0, 0.05) is 11.9 Å². The van der Waals surface area contributed by atoms with Gasteiger partial charge in [-0.3, -0.25) is 19.9 Å². The van der Waals surface area contributed by atoms with Gasteiger partial charge in [-0.25, -0.2) is 10.8 Å². The van der Waals surface area contributed by atoms with Crippen LogP contribution in [-0.2, 0) is 11.3 Å². The number of carbonyl (C=O) groups is 2. The van der Waals surface area contributed by atoms with Crippen molar-refractivity contribution in [2.75, 3.05) is 6.54 Å². The van der Waals surface area contributed by atoms with Crippen LogP contribution in [-0.4, -0.2) is 34.3 Å². The second kappa shape index (κ2) is 5.42. The van der Waals surface area contributed by atoms with Crippen LogP contribution in [0.3, 0.4) is 0 Å². The Morgan fingerprint density at radius 2 is 2.39 bits per heavy atom. The molecule has 1 aromatic heterocycles. The molecule has 0 bridgehead atoms. The molecule has 98 valence electrons. The van der Waals surface area contributed by atoms with Gasteiger partial charge in [0.2, 0.25) is 5.91 Å². The number of nitrogen functional groups attached to an aromatic ring is 1. The number of nitrogens with zero attached hydrogens (tertiary/aromatic N) is 2. The fourth-order valence-corrected chi connectivity index (χ4v) is 2.80. The highest BCUT2D eigenvalue weighted by Gasteiger charge is 2.29. The van der Waals surface area contributed by atoms with Crippen molar-refractivity contribution in [2.45, 2.75) is 25.4 Å². The van der Waals surface area contributed by atoms with Crippen molar-refractivity contribution < 1.29 is 9.59 Å². The van der Waals surface area contributed by atoms with Crippen molar-refractivity contribution in [2.24, 2.45) is 11.6 Å². The third-order valence-corrected chi connectivity index (χ3v) is 3.82. The van der Waals surface area contributed by atoms with Crippen LogP contribution >= 0.6 is 11.3 Å². The number of primary amides is 1. The SMILES string of the molecule is NNC(=O)c1nc(CN2CCCC2C(N)=O)cs1. The van der Waals surface area contributed by atoms with E-state index in [-0.39, 0.29) is 11.9 Å². The molecule has 1 aliphatic rings. The third-order valence-electron chi connectivity index (χ3n) is 2.93. The van der Waals surface area contributed by atoms with E-state index in [9.17, 15) is 9.59 Å². The van der Waals surface area contributed by atoms with Gasteiger partial charge in [0.1, 0.15) is 0 Å². The van der Waals surface area contributed by atoms with Crippen LogP contribution in [0.2, 0.25) is 0 Å². The molecule has 0 aromatic carbocycles. The van der Waals surface area contributed by atoms with Crippen molar-refractivity contribution >= 4 is 23.2 Å². The summed E-state index contributed by atoms with van der Waals surface area (Å²) < 4.78 is 0. The van der Waals surface area contributed by atoms with Crippen LogP contribution in [0.1, 0.15) is 28.3 Å². The van der Waals surface area contributed by atoms with Gasteiger partial charge in [0.25, 0.3) is 5.91 Å². The van der Waals surface area contributed by atoms with Crippen LogP contribution in [0, 0.1) is 0 Å². The number of hydrazine groups is 1. The summed E-state index contributed by atoms with van der Waals surface area (Å²) in [5, 5.41) is 2.11. The predicted molar refractivity (Wildman–Crippen MR) is 66.4 cm³/mol. The Kier molecular flexibility index (Phi) is 3.90. The minimum Gasteiger partial charge on any atom is -0.368 e. The molecule has 0 saturated carbocycles. The number of hydrogen-bond donors (Lipinski definition) is 3. The van der Waals surface area contributed by atoms with Crippen LogP contribution in [0.4, 0.5) is 0 Å². The molecule has 1 fully saturated rings. The molecule has 1 aromatic rings. The van der Waals surface area contributed by atoms with Crippen molar-refractivity contribution in [1.82, 2.24) is 15.3 Å². The predicted octanol–water partition coefficient (Wildman–Crippen LogP) is -0.804. The van der Waals surface area contributed by atoms with Crippen molar-refractivity contribution in [3.05, 3.63) is 16.1 Å². The average molecular weight is 269 g/mol. The molecule has 2 amide bonds. The third kappa shape index (κ3) is 2.66. The molecular formula is C10H15N5O2S. The van der Waals surface area contributed by atoms with Gasteiger partial charge in [0.05, 0.1) is 11.7 Å². The minimum absolute atomic E-state index is 0.224. The summed E-state index contributed by atoms with van der Waals surface area (Å²) in [7, 11) is 0. The number of hydrogen-bond acceptors (Lipinski definition) is 6. The lowest BCUT2D eigenvalue weighted by Gasteiger charge is -2.20. The lowest BCUT2D eigenvalue weighted by Crippen LogP contribution is -2.39. The summed E-state index contributed by atoms with van der Waals surface area (Å²) in [4.78, 5) is 28.7. The molecule has 7 nitrogen and oxygen atoms in total. The number of nitrogens with one attached hydrogen (secondary N) is 1. The van der Waals surface area contributed by atoms with E-state index in [1.54, 1.807) is 5.38 Å². The molecule has 1 aliphatic heterocycles. The Morgan fingerprint density at radius 1 is 1.61 bits per heavy atom. The zero-order valence-corrected chi connectivity index (χ0v) is 10.6. The summed E-state index contributed by atoms with van der Waals surface area (Å²) in [6, 6.07) is -0.224. The lowest BCUT2D eigenvalue weighted by atomic mass is 10.2. The van der Waals surface area contributed by atoms with Gasteiger partial charge in [0.15, 0.2) is 5.01 Å². The molecule has 8 heteroatoms. The maximum Gasteiger partial charge on any atom is 0.294 e. The van der Waals surface area contributed by atoms with Gasteiger partial charge in [-0.2, -0.15) is 0 Å². The van der Waals surface area contributed by atoms with E-state index >= 15 is 0 Å². The molecular weight excluding hydrogens is 254 g/mol.